The van der Waals surface area contributed by atoms with Gasteiger partial charge in [0.2, 0.25) is 0 Å². The third-order valence-corrected chi connectivity index (χ3v) is 5.42. The van der Waals surface area contributed by atoms with Gasteiger partial charge in [-0.15, -0.1) is 24.0 Å². The molecule has 3 N–H and O–H groups in total. The molecule has 29 heavy (non-hydrogen) atoms. The van der Waals surface area contributed by atoms with Gasteiger partial charge in [0, 0.05) is 42.4 Å². The second-order valence-corrected chi connectivity index (χ2v) is 7.89. The molecule has 0 spiro atoms. The molecule has 0 bridgehead atoms. The number of benzene rings is 1. The van der Waals surface area contributed by atoms with Gasteiger partial charge in [-0.1, -0.05) is 29.3 Å². The van der Waals surface area contributed by atoms with Crippen molar-refractivity contribution in [3.63, 3.8) is 0 Å². The predicted molar refractivity (Wildman–Crippen MR) is 133 cm³/mol. The van der Waals surface area contributed by atoms with Crippen molar-refractivity contribution in [1.29, 1.82) is 0 Å². The van der Waals surface area contributed by atoms with E-state index in [2.05, 4.69) is 38.2 Å². The van der Waals surface area contributed by atoms with Gasteiger partial charge in [0.15, 0.2) is 5.96 Å². The number of aliphatic imine (C=N–C) groups is 1. The predicted octanol–water partition coefficient (Wildman–Crippen LogP) is 3.92. The van der Waals surface area contributed by atoms with E-state index < -0.39 is 0 Å². The molecule has 2 heterocycles. The van der Waals surface area contributed by atoms with Crippen LogP contribution in [0.3, 0.4) is 0 Å². The number of halogens is 3. The Morgan fingerprint density at radius 2 is 1.93 bits per heavy atom. The van der Waals surface area contributed by atoms with Crippen molar-refractivity contribution in [2.45, 2.75) is 19.5 Å². The highest BCUT2D eigenvalue weighted by Gasteiger charge is 2.15. The van der Waals surface area contributed by atoms with Crippen LogP contribution in [0.4, 0.5) is 5.82 Å². The van der Waals surface area contributed by atoms with Gasteiger partial charge in [-0.3, -0.25) is 0 Å². The first-order valence-corrected chi connectivity index (χ1v) is 10.1. The molecule has 0 aliphatic carbocycles. The van der Waals surface area contributed by atoms with E-state index >= 15 is 0 Å². The Morgan fingerprint density at radius 1 is 1.21 bits per heavy atom. The normalized spacial score (nSPS) is 16.3. The second-order valence-electron chi connectivity index (χ2n) is 7.05. The molecule has 158 valence electrons. The molecule has 6 nitrogen and oxygen atoms in total. The monoisotopic (exact) mass is 548 g/mol. The van der Waals surface area contributed by atoms with Crippen LogP contribution >= 0.6 is 47.2 Å². The van der Waals surface area contributed by atoms with E-state index in [0.29, 0.717) is 22.5 Å². The standard InChI is InChI=1S/C20H26Cl2N6.HI/c1-14(17-4-3-16(21)12-18(17)22)26-20(23)25-13-15-5-6-24-19(11-15)28-9-7-27(2)8-10-28;/h3-6,11-12,14H,7-10,13H2,1-2H3,(H3,23,25,26);1H. The Labute approximate surface area is 199 Å². The van der Waals surface area contributed by atoms with Crippen molar-refractivity contribution in [2.24, 2.45) is 10.7 Å². The first-order valence-electron chi connectivity index (χ1n) is 9.32. The summed E-state index contributed by atoms with van der Waals surface area (Å²) in [6, 6.07) is 9.40. The lowest BCUT2D eigenvalue weighted by Crippen LogP contribution is -2.44. The van der Waals surface area contributed by atoms with Gasteiger partial charge in [-0.05, 0) is 49.4 Å². The van der Waals surface area contributed by atoms with Crippen molar-refractivity contribution >= 4 is 59.0 Å². The molecule has 1 atom stereocenters. The Bertz CT molecular complexity index is 839. The van der Waals surface area contributed by atoms with E-state index in [9.17, 15) is 0 Å². The fourth-order valence-corrected chi connectivity index (χ4v) is 3.71. The molecule has 9 heteroatoms. The summed E-state index contributed by atoms with van der Waals surface area (Å²) in [7, 11) is 2.14. The van der Waals surface area contributed by atoms with Gasteiger partial charge in [-0.25, -0.2) is 9.98 Å². The molecule has 1 fully saturated rings. The van der Waals surface area contributed by atoms with Gasteiger partial charge in [0.25, 0.3) is 0 Å². The highest BCUT2D eigenvalue weighted by atomic mass is 127. The van der Waals surface area contributed by atoms with Crippen molar-refractivity contribution in [1.82, 2.24) is 15.2 Å². The number of anilines is 1. The minimum absolute atomic E-state index is 0. The number of pyridine rings is 1. The number of rotatable bonds is 5. The van der Waals surface area contributed by atoms with E-state index in [0.717, 1.165) is 43.1 Å². The average Bonchev–Trinajstić information content (AvgIpc) is 2.67. The zero-order chi connectivity index (χ0) is 20.1. The largest absolute Gasteiger partial charge is 0.370 e. The van der Waals surface area contributed by atoms with Crippen molar-refractivity contribution in [3.8, 4) is 0 Å². The lowest BCUT2D eigenvalue weighted by atomic mass is 10.1. The molecule has 3 rings (SSSR count). The number of guanidine groups is 1. The van der Waals surface area contributed by atoms with E-state index in [1.165, 1.54) is 0 Å². The van der Waals surface area contributed by atoms with Crippen LogP contribution in [-0.4, -0.2) is 49.1 Å². The van der Waals surface area contributed by atoms with Gasteiger partial charge in [0.05, 0.1) is 12.6 Å². The molecule has 2 aromatic rings. The summed E-state index contributed by atoms with van der Waals surface area (Å²) >= 11 is 12.2. The van der Waals surface area contributed by atoms with Crippen molar-refractivity contribution < 1.29 is 0 Å². The molecule has 1 unspecified atom stereocenters. The number of piperazine rings is 1. The number of likely N-dealkylation sites (N-methyl/N-ethyl adjacent to an activating group) is 1. The number of nitrogens with two attached hydrogens (primary N) is 1. The fourth-order valence-electron chi connectivity index (χ4n) is 3.14. The molecular weight excluding hydrogens is 522 g/mol. The first kappa shape index (κ1) is 24.0. The van der Waals surface area contributed by atoms with Crippen LogP contribution in [0.1, 0.15) is 24.1 Å². The van der Waals surface area contributed by atoms with Gasteiger partial charge in [-0.2, -0.15) is 0 Å². The SMILES string of the molecule is CC(NC(N)=NCc1ccnc(N2CCN(C)CC2)c1)c1ccc(Cl)cc1Cl.I. The summed E-state index contributed by atoms with van der Waals surface area (Å²) in [5.74, 6) is 1.37. The maximum atomic E-state index is 6.26. The molecule has 0 saturated carbocycles. The summed E-state index contributed by atoms with van der Waals surface area (Å²) in [5.41, 5.74) is 8.07. The zero-order valence-electron chi connectivity index (χ0n) is 16.6. The van der Waals surface area contributed by atoms with Crippen LogP contribution in [-0.2, 0) is 6.54 Å². The Kier molecular flexibility index (Phi) is 9.26. The molecule has 1 saturated heterocycles. The van der Waals surface area contributed by atoms with Crippen LogP contribution in [0.5, 0.6) is 0 Å². The van der Waals surface area contributed by atoms with E-state index in [-0.39, 0.29) is 30.0 Å². The Morgan fingerprint density at radius 3 is 2.62 bits per heavy atom. The second kappa shape index (κ2) is 11.2. The Balaban J connectivity index is 0.00000300. The first-order chi connectivity index (χ1) is 13.4. The van der Waals surface area contributed by atoms with Crippen LogP contribution < -0.4 is 16.0 Å². The number of nitrogens with zero attached hydrogens (tertiary/aromatic N) is 4. The number of nitrogens with one attached hydrogen (secondary N) is 1. The van der Waals surface area contributed by atoms with Crippen LogP contribution in [0.25, 0.3) is 0 Å². The highest BCUT2D eigenvalue weighted by Crippen LogP contribution is 2.26. The quantitative estimate of drug-likeness (QED) is 0.337. The van der Waals surface area contributed by atoms with E-state index in [1.54, 1.807) is 6.07 Å². The van der Waals surface area contributed by atoms with Crippen LogP contribution in [0.2, 0.25) is 10.0 Å². The maximum absolute atomic E-state index is 6.26. The molecule has 1 aromatic heterocycles. The van der Waals surface area contributed by atoms with E-state index in [4.69, 9.17) is 28.9 Å². The van der Waals surface area contributed by atoms with Crippen molar-refractivity contribution in [2.75, 3.05) is 38.1 Å². The van der Waals surface area contributed by atoms with E-state index in [1.807, 2.05) is 31.3 Å². The fraction of sp³-hybridized carbons (Fsp3) is 0.400. The average molecular weight is 549 g/mol. The Hall–Kier alpha value is -1.29. The smallest absolute Gasteiger partial charge is 0.189 e. The molecule has 0 radical (unpaired) electrons. The number of hydrogen-bond acceptors (Lipinski definition) is 4. The minimum atomic E-state index is -0.0770. The summed E-state index contributed by atoms with van der Waals surface area (Å²) < 4.78 is 0. The minimum Gasteiger partial charge on any atom is -0.370 e. The molecular formula is C20H27Cl2IN6. The molecule has 0 amide bonds. The molecule has 1 aromatic carbocycles. The third-order valence-electron chi connectivity index (χ3n) is 4.86. The molecule has 1 aliphatic heterocycles. The van der Waals surface area contributed by atoms with Crippen LogP contribution in [0, 0.1) is 0 Å². The maximum Gasteiger partial charge on any atom is 0.189 e. The summed E-state index contributed by atoms with van der Waals surface area (Å²) in [5, 5.41) is 4.39. The summed E-state index contributed by atoms with van der Waals surface area (Å²) in [6.07, 6.45) is 1.83. The van der Waals surface area contributed by atoms with Gasteiger partial charge in [0.1, 0.15) is 5.82 Å². The third kappa shape index (κ3) is 6.87. The van der Waals surface area contributed by atoms with Gasteiger partial charge < -0.3 is 20.9 Å². The number of aromatic nitrogens is 1. The number of hydrogen-bond donors (Lipinski definition) is 2. The molecule has 1 aliphatic rings. The lowest BCUT2D eigenvalue weighted by Gasteiger charge is -2.33. The topological polar surface area (TPSA) is 69.8 Å². The summed E-state index contributed by atoms with van der Waals surface area (Å²) in [6.45, 7) is 6.54. The lowest BCUT2D eigenvalue weighted by molar-refractivity contribution is 0.312. The zero-order valence-corrected chi connectivity index (χ0v) is 20.4. The summed E-state index contributed by atoms with van der Waals surface area (Å²) in [4.78, 5) is 13.6. The van der Waals surface area contributed by atoms with Crippen molar-refractivity contribution in [3.05, 3.63) is 57.7 Å². The van der Waals surface area contributed by atoms with Gasteiger partial charge >= 0.3 is 0 Å². The highest BCUT2D eigenvalue weighted by molar-refractivity contribution is 14.0. The van der Waals surface area contributed by atoms with Crippen LogP contribution in [0.15, 0.2) is 41.5 Å².